The second-order valence-electron chi connectivity index (χ2n) is 4.55. The lowest BCUT2D eigenvalue weighted by molar-refractivity contribution is -0.138. The molecule has 0 radical (unpaired) electrons. The number of aliphatic hydroxyl groups excluding tert-OH is 1. The van der Waals surface area contributed by atoms with Crippen molar-refractivity contribution in [1.29, 1.82) is 0 Å². The number of hydrogen-bond acceptors (Lipinski definition) is 2. The number of rotatable bonds is 3. The zero-order chi connectivity index (χ0) is 13.5. The fraction of sp³-hybridized carbons (Fsp3) is 0.500. The van der Waals surface area contributed by atoms with Crippen LogP contribution in [0, 0.1) is 11.7 Å². The molecular weight excluding hydrogens is 286 g/mol. The fourth-order valence-corrected chi connectivity index (χ4v) is 2.02. The second-order valence-corrected chi connectivity index (χ2v) is 4.55. The van der Waals surface area contributed by atoms with Crippen molar-refractivity contribution >= 4 is 12.4 Å². The van der Waals surface area contributed by atoms with Gasteiger partial charge in [0.05, 0.1) is 17.7 Å². The molecule has 0 spiro atoms. The maximum absolute atomic E-state index is 13.6. The first kappa shape index (κ1) is 16.2. The van der Waals surface area contributed by atoms with Gasteiger partial charge >= 0.3 is 6.18 Å². The highest BCUT2D eigenvalue weighted by Gasteiger charge is 2.41. The number of alkyl halides is 3. The smallest absolute Gasteiger partial charge is 0.391 e. The minimum Gasteiger partial charge on any atom is -0.391 e. The molecular formula is C12H14ClF4NO. The van der Waals surface area contributed by atoms with E-state index in [4.69, 9.17) is 5.73 Å². The minimum absolute atomic E-state index is 0. The normalized spacial score (nSPS) is 18.6. The SMILES string of the molecule is Cl.N[C@@H](c1c(F)cccc1C(F)(F)F)[C@H](O)C1CC1. The summed E-state index contributed by atoms with van der Waals surface area (Å²) in [6.45, 7) is 0. The topological polar surface area (TPSA) is 46.2 Å². The molecule has 0 saturated heterocycles. The first-order chi connectivity index (χ1) is 8.32. The van der Waals surface area contributed by atoms with Crippen LogP contribution >= 0.6 is 12.4 Å². The highest BCUT2D eigenvalue weighted by Crippen LogP contribution is 2.41. The molecule has 0 bridgehead atoms. The summed E-state index contributed by atoms with van der Waals surface area (Å²) < 4.78 is 51.9. The summed E-state index contributed by atoms with van der Waals surface area (Å²) in [6, 6.07) is 1.33. The average molecular weight is 300 g/mol. The molecule has 1 aliphatic rings. The molecule has 1 aliphatic carbocycles. The number of halogens is 5. The van der Waals surface area contributed by atoms with E-state index in [1.54, 1.807) is 0 Å². The molecule has 1 saturated carbocycles. The van der Waals surface area contributed by atoms with E-state index in [9.17, 15) is 22.7 Å². The predicted octanol–water partition coefficient (Wildman–Crippen LogP) is 3.04. The van der Waals surface area contributed by atoms with Crippen LogP contribution in [0.2, 0.25) is 0 Å². The Bertz CT molecular complexity index is 448. The van der Waals surface area contributed by atoms with Gasteiger partial charge in [-0.15, -0.1) is 12.4 Å². The van der Waals surface area contributed by atoms with Crippen molar-refractivity contribution in [3.05, 3.63) is 35.1 Å². The Hall–Kier alpha value is -0.850. The molecule has 2 atom stereocenters. The molecule has 3 N–H and O–H groups in total. The van der Waals surface area contributed by atoms with E-state index in [-0.39, 0.29) is 18.3 Å². The second kappa shape index (κ2) is 5.64. The van der Waals surface area contributed by atoms with Crippen molar-refractivity contribution < 1.29 is 22.7 Å². The van der Waals surface area contributed by atoms with Gasteiger partial charge in [0.25, 0.3) is 0 Å². The predicted molar refractivity (Wildman–Crippen MR) is 64.3 cm³/mol. The van der Waals surface area contributed by atoms with Gasteiger partial charge < -0.3 is 10.8 Å². The van der Waals surface area contributed by atoms with Crippen LogP contribution in [-0.2, 0) is 6.18 Å². The Balaban J connectivity index is 0.00000180. The summed E-state index contributed by atoms with van der Waals surface area (Å²) in [4.78, 5) is 0. The van der Waals surface area contributed by atoms with Crippen molar-refractivity contribution in [1.82, 2.24) is 0 Å². The van der Waals surface area contributed by atoms with Gasteiger partial charge in [-0.25, -0.2) is 4.39 Å². The summed E-state index contributed by atoms with van der Waals surface area (Å²) in [7, 11) is 0. The summed E-state index contributed by atoms with van der Waals surface area (Å²) in [5, 5.41) is 9.77. The first-order valence-electron chi connectivity index (χ1n) is 5.61. The highest BCUT2D eigenvalue weighted by atomic mass is 35.5. The third-order valence-electron chi connectivity index (χ3n) is 3.16. The monoisotopic (exact) mass is 299 g/mol. The molecule has 0 heterocycles. The van der Waals surface area contributed by atoms with Crippen molar-refractivity contribution in [3.8, 4) is 0 Å². The van der Waals surface area contributed by atoms with Gasteiger partial charge in [0, 0.05) is 5.56 Å². The Kier molecular flexibility index (Phi) is 4.81. The lowest BCUT2D eigenvalue weighted by Gasteiger charge is -2.23. The van der Waals surface area contributed by atoms with Crippen LogP contribution in [0.4, 0.5) is 17.6 Å². The molecule has 0 aliphatic heterocycles. The van der Waals surface area contributed by atoms with Crippen molar-refractivity contribution in [2.45, 2.75) is 31.2 Å². The number of hydrogen-bond donors (Lipinski definition) is 2. The number of nitrogens with two attached hydrogens (primary N) is 1. The summed E-state index contributed by atoms with van der Waals surface area (Å²) >= 11 is 0. The number of aliphatic hydroxyl groups is 1. The van der Waals surface area contributed by atoms with E-state index >= 15 is 0 Å². The molecule has 2 nitrogen and oxygen atoms in total. The Labute approximate surface area is 114 Å². The van der Waals surface area contributed by atoms with E-state index in [1.165, 1.54) is 0 Å². The lowest BCUT2D eigenvalue weighted by Crippen LogP contribution is -2.31. The summed E-state index contributed by atoms with van der Waals surface area (Å²) in [6.07, 6.45) is -4.39. The third kappa shape index (κ3) is 3.38. The van der Waals surface area contributed by atoms with E-state index < -0.39 is 35.3 Å². The van der Waals surface area contributed by atoms with Crippen LogP contribution in [-0.4, -0.2) is 11.2 Å². The van der Waals surface area contributed by atoms with E-state index in [0.29, 0.717) is 12.8 Å². The standard InChI is InChI=1S/C12H13F4NO.ClH/c13-8-3-1-2-7(12(14,15)16)9(8)10(17)11(18)6-4-5-6;/h1-3,6,10-11,18H,4-5,17H2;1H/t10-,11+;/m0./s1. The van der Waals surface area contributed by atoms with Gasteiger partial charge in [-0.1, -0.05) is 6.07 Å². The molecule has 0 unspecified atom stereocenters. The van der Waals surface area contributed by atoms with Gasteiger partial charge in [-0.05, 0) is 30.9 Å². The van der Waals surface area contributed by atoms with E-state index in [0.717, 1.165) is 18.2 Å². The van der Waals surface area contributed by atoms with Crippen LogP contribution < -0.4 is 5.73 Å². The Morgan fingerprint density at radius 2 is 1.84 bits per heavy atom. The van der Waals surface area contributed by atoms with E-state index in [1.807, 2.05) is 0 Å². The van der Waals surface area contributed by atoms with Crippen LogP contribution in [0.25, 0.3) is 0 Å². The molecule has 1 fully saturated rings. The van der Waals surface area contributed by atoms with Crippen LogP contribution in [0.3, 0.4) is 0 Å². The van der Waals surface area contributed by atoms with Gasteiger partial charge in [-0.3, -0.25) is 0 Å². The van der Waals surface area contributed by atoms with Gasteiger partial charge in [0.15, 0.2) is 0 Å². The van der Waals surface area contributed by atoms with Gasteiger partial charge in [0.2, 0.25) is 0 Å². The third-order valence-corrected chi connectivity index (χ3v) is 3.16. The van der Waals surface area contributed by atoms with Crippen molar-refractivity contribution in [3.63, 3.8) is 0 Å². The number of benzene rings is 1. The van der Waals surface area contributed by atoms with Crippen molar-refractivity contribution in [2.24, 2.45) is 11.7 Å². The fourth-order valence-electron chi connectivity index (χ4n) is 2.02. The molecule has 108 valence electrons. The van der Waals surface area contributed by atoms with E-state index in [2.05, 4.69) is 0 Å². The quantitative estimate of drug-likeness (QED) is 0.843. The molecule has 2 rings (SSSR count). The largest absolute Gasteiger partial charge is 0.416 e. The molecule has 1 aromatic carbocycles. The summed E-state index contributed by atoms with van der Waals surface area (Å²) in [5.74, 6) is -1.15. The molecule has 19 heavy (non-hydrogen) atoms. The maximum atomic E-state index is 13.6. The lowest BCUT2D eigenvalue weighted by atomic mass is 9.94. The molecule has 7 heteroatoms. The van der Waals surface area contributed by atoms with Gasteiger partial charge in [-0.2, -0.15) is 13.2 Å². The summed E-state index contributed by atoms with van der Waals surface area (Å²) in [5.41, 5.74) is 3.82. The molecule has 0 aromatic heterocycles. The van der Waals surface area contributed by atoms with Crippen LogP contribution in [0.5, 0.6) is 0 Å². The van der Waals surface area contributed by atoms with Crippen LogP contribution in [0.15, 0.2) is 18.2 Å². The van der Waals surface area contributed by atoms with Crippen molar-refractivity contribution in [2.75, 3.05) is 0 Å². The Morgan fingerprint density at radius 3 is 2.32 bits per heavy atom. The Morgan fingerprint density at radius 1 is 1.26 bits per heavy atom. The molecule has 0 amide bonds. The highest BCUT2D eigenvalue weighted by molar-refractivity contribution is 5.85. The average Bonchev–Trinajstić information content (AvgIpc) is 3.09. The molecule has 1 aromatic rings. The van der Waals surface area contributed by atoms with Crippen LogP contribution in [0.1, 0.15) is 30.0 Å². The first-order valence-corrected chi connectivity index (χ1v) is 5.61. The van der Waals surface area contributed by atoms with Gasteiger partial charge in [0.1, 0.15) is 5.82 Å². The zero-order valence-electron chi connectivity index (χ0n) is 9.82. The minimum atomic E-state index is -4.68. The zero-order valence-corrected chi connectivity index (χ0v) is 10.6. The maximum Gasteiger partial charge on any atom is 0.416 e.